The number of nitrogens with zero attached hydrogens (tertiary/aromatic N) is 3. The van der Waals surface area contributed by atoms with E-state index in [9.17, 15) is 0 Å². The number of anilines is 1. The fraction of sp³-hybridized carbons (Fsp3) is 0.500. The van der Waals surface area contributed by atoms with E-state index in [1.54, 1.807) is 12.5 Å². The maximum absolute atomic E-state index is 5.26. The normalized spacial score (nSPS) is 17.5. The third-order valence-electron chi connectivity index (χ3n) is 1.96. The zero-order valence-electron chi connectivity index (χ0n) is 7.11. The number of hydrogen-bond acceptors (Lipinski definition) is 4. The molecule has 0 spiro atoms. The van der Waals surface area contributed by atoms with Crippen LogP contribution in [0.4, 0.5) is 5.82 Å². The molecule has 0 bridgehead atoms. The second kappa shape index (κ2) is 4.02. The first-order chi connectivity index (χ1) is 6.38. The third-order valence-corrected chi connectivity index (χ3v) is 2.52. The Hall–Kier alpha value is -0.680. The molecule has 0 aliphatic carbocycles. The molecule has 5 heteroatoms. The zero-order chi connectivity index (χ0) is 9.10. The smallest absolute Gasteiger partial charge is 0.146 e. The van der Waals surface area contributed by atoms with Gasteiger partial charge in [0, 0.05) is 19.3 Å². The van der Waals surface area contributed by atoms with Crippen LogP contribution in [0.2, 0.25) is 0 Å². The molecular formula is C8H10BrN3O. The summed E-state index contributed by atoms with van der Waals surface area (Å²) in [6.07, 6.45) is 3.33. The van der Waals surface area contributed by atoms with Crippen LogP contribution >= 0.6 is 15.9 Å². The van der Waals surface area contributed by atoms with Crippen LogP contribution in [-0.2, 0) is 4.74 Å². The minimum absolute atomic E-state index is 0.774. The quantitative estimate of drug-likeness (QED) is 0.740. The highest BCUT2D eigenvalue weighted by Crippen LogP contribution is 2.22. The Morgan fingerprint density at radius 1 is 1.38 bits per heavy atom. The molecule has 0 N–H and O–H groups in total. The van der Waals surface area contributed by atoms with Crippen molar-refractivity contribution in [3.05, 3.63) is 17.0 Å². The summed E-state index contributed by atoms with van der Waals surface area (Å²) in [5, 5.41) is 0. The van der Waals surface area contributed by atoms with Gasteiger partial charge in [0.05, 0.1) is 17.7 Å². The minimum Gasteiger partial charge on any atom is -0.378 e. The fourth-order valence-electron chi connectivity index (χ4n) is 1.31. The summed E-state index contributed by atoms with van der Waals surface area (Å²) < 4.78 is 6.20. The highest BCUT2D eigenvalue weighted by molar-refractivity contribution is 9.10. The van der Waals surface area contributed by atoms with E-state index >= 15 is 0 Å². The maximum Gasteiger partial charge on any atom is 0.146 e. The molecule has 0 atom stereocenters. The van der Waals surface area contributed by atoms with Crippen molar-refractivity contribution >= 4 is 21.7 Å². The van der Waals surface area contributed by atoms with Crippen molar-refractivity contribution in [2.75, 3.05) is 31.2 Å². The summed E-state index contributed by atoms with van der Waals surface area (Å²) in [7, 11) is 0. The van der Waals surface area contributed by atoms with Crippen LogP contribution in [0.5, 0.6) is 0 Å². The Morgan fingerprint density at radius 3 is 2.85 bits per heavy atom. The lowest BCUT2D eigenvalue weighted by Crippen LogP contribution is -2.37. The average Bonchev–Trinajstić information content (AvgIpc) is 2.20. The SMILES string of the molecule is Brc1cncnc1N1CCOCC1. The van der Waals surface area contributed by atoms with Gasteiger partial charge in [-0.3, -0.25) is 0 Å². The van der Waals surface area contributed by atoms with Crippen molar-refractivity contribution in [1.29, 1.82) is 0 Å². The molecular weight excluding hydrogens is 234 g/mol. The van der Waals surface area contributed by atoms with Gasteiger partial charge >= 0.3 is 0 Å². The first kappa shape index (κ1) is 8.90. The third kappa shape index (κ3) is 1.97. The molecule has 2 rings (SSSR count). The largest absolute Gasteiger partial charge is 0.378 e. The Labute approximate surface area is 85.1 Å². The topological polar surface area (TPSA) is 38.2 Å². The van der Waals surface area contributed by atoms with Gasteiger partial charge in [0.1, 0.15) is 12.1 Å². The second-order valence-electron chi connectivity index (χ2n) is 2.79. The molecule has 0 saturated carbocycles. The predicted octanol–water partition coefficient (Wildman–Crippen LogP) is 1.08. The van der Waals surface area contributed by atoms with Crippen LogP contribution in [-0.4, -0.2) is 36.3 Å². The average molecular weight is 244 g/mol. The number of ether oxygens (including phenoxy) is 1. The van der Waals surface area contributed by atoms with Crippen molar-refractivity contribution in [3.8, 4) is 0 Å². The van der Waals surface area contributed by atoms with Crippen LogP contribution in [0, 0.1) is 0 Å². The van der Waals surface area contributed by atoms with Gasteiger partial charge in [-0.25, -0.2) is 9.97 Å². The number of hydrogen-bond donors (Lipinski definition) is 0. The van der Waals surface area contributed by atoms with E-state index in [-0.39, 0.29) is 0 Å². The van der Waals surface area contributed by atoms with E-state index < -0.39 is 0 Å². The van der Waals surface area contributed by atoms with Crippen LogP contribution in [0.1, 0.15) is 0 Å². The van der Waals surface area contributed by atoms with Crippen molar-refractivity contribution < 1.29 is 4.74 Å². The Bertz CT molecular complexity index is 288. The zero-order valence-corrected chi connectivity index (χ0v) is 8.70. The molecule has 1 aromatic heterocycles. The van der Waals surface area contributed by atoms with Crippen LogP contribution in [0.25, 0.3) is 0 Å². The molecule has 1 fully saturated rings. The van der Waals surface area contributed by atoms with Crippen molar-refractivity contribution in [2.45, 2.75) is 0 Å². The van der Waals surface area contributed by atoms with Gasteiger partial charge in [-0.2, -0.15) is 0 Å². The predicted molar refractivity (Wildman–Crippen MR) is 52.8 cm³/mol. The molecule has 70 valence electrons. The molecule has 1 aliphatic heterocycles. The highest BCUT2D eigenvalue weighted by Gasteiger charge is 2.14. The monoisotopic (exact) mass is 243 g/mol. The first-order valence-corrected chi connectivity index (χ1v) is 4.95. The Kier molecular flexibility index (Phi) is 2.75. The Morgan fingerprint density at radius 2 is 2.15 bits per heavy atom. The standard InChI is InChI=1S/C8H10BrN3O/c9-7-5-10-6-11-8(7)12-1-3-13-4-2-12/h5-6H,1-4H2. The van der Waals surface area contributed by atoms with Gasteiger partial charge in [0.15, 0.2) is 0 Å². The lowest BCUT2D eigenvalue weighted by molar-refractivity contribution is 0.122. The van der Waals surface area contributed by atoms with Gasteiger partial charge in [0.2, 0.25) is 0 Å². The summed E-state index contributed by atoms with van der Waals surface area (Å²) in [6.45, 7) is 3.35. The minimum atomic E-state index is 0.774. The van der Waals surface area contributed by atoms with Gasteiger partial charge in [-0.1, -0.05) is 0 Å². The number of halogens is 1. The number of rotatable bonds is 1. The molecule has 0 unspecified atom stereocenters. The van der Waals surface area contributed by atoms with Crippen molar-refractivity contribution in [3.63, 3.8) is 0 Å². The molecule has 0 radical (unpaired) electrons. The van der Waals surface area contributed by atoms with Crippen LogP contribution < -0.4 is 4.90 Å². The maximum atomic E-state index is 5.26. The molecule has 2 heterocycles. The summed E-state index contributed by atoms with van der Waals surface area (Å²) in [6, 6.07) is 0. The van der Waals surface area contributed by atoms with Crippen LogP contribution in [0.15, 0.2) is 17.0 Å². The number of aromatic nitrogens is 2. The van der Waals surface area contributed by atoms with Gasteiger partial charge in [-0.15, -0.1) is 0 Å². The summed E-state index contributed by atoms with van der Waals surface area (Å²) in [5.74, 6) is 0.957. The molecule has 1 aromatic rings. The van der Waals surface area contributed by atoms with E-state index in [2.05, 4.69) is 30.8 Å². The van der Waals surface area contributed by atoms with E-state index in [1.807, 2.05) is 0 Å². The molecule has 13 heavy (non-hydrogen) atoms. The van der Waals surface area contributed by atoms with Gasteiger partial charge < -0.3 is 9.64 Å². The van der Waals surface area contributed by atoms with E-state index in [4.69, 9.17) is 4.74 Å². The van der Waals surface area contributed by atoms with Gasteiger partial charge in [-0.05, 0) is 15.9 Å². The summed E-state index contributed by atoms with van der Waals surface area (Å²) in [4.78, 5) is 10.3. The van der Waals surface area contributed by atoms with E-state index in [0.717, 1.165) is 36.6 Å². The fourth-order valence-corrected chi connectivity index (χ4v) is 1.79. The Balaban J connectivity index is 2.18. The summed E-state index contributed by atoms with van der Waals surface area (Å²) in [5.41, 5.74) is 0. The molecule has 1 aliphatic rings. The molecule has 1 saturated heterocycles. The van der Waals surface area contributed by atoms with Crippen molar-refractivity contribution in [1.82, 2.24) is 9.97 Å². The summed E-state index contributed by atoms with van der Waals surface area (Å²) >= 11 is 3.42. The van der Waals surface area contributed by atoms with E-state index in [1.165, 1.54) is 0 Å². The van der Waals surface area contributed by atoms with E-state index in [0.29, 0.717) is 0 Å². The molecule has 4 nitrogen and oxygen atoms in total. The lowest BCUT2D eigenvalue weighted by Gasteiger charge is -2.28. The highest BCUT2D eigenvalue weighted by atomic mass is 79.9. The lowest BCUT2D eigenvalue weighted by atomic mass is 10.4. The second-order valence-corrected chi connectivity index (χ2v) is 3.65. The molecule has 0 amide bonds. The van der Waals surface area contributed by atoms with Gasteiger partial charge in [0.25, 0.3) is 0 Å². The first-order valence-electron chi connectivity index (χ1n) is 4.16. The number of morpholine rings is 1. The van der Waals surface area contributed by atoms with Crippen LogP contribution in [0.3, 0.4) is 0 Å². The van der Waals surface area contributed by atoms with Crippen molar-refractivity contribution in [2.24, 2.45) is 0 Å². The molecule has 0 aromatic carbocycles.